The van der Waals surface area contributed by atoms with Gasteiger partial charge in [0.25, 0.3) is 0 Å². The highest BCUT2D eigenvalue weighted by Crippen LogP contribution is 2.30. The monoisotopic (exact) mass is 338 g/mol. The summed E-state index contributed by atoms with van der Waals surface area (Å²) in [6, 6.07) is 13.0. The summed E-state index contributed by atoms with van der Waals surface area (Å²) in [6.45, 7) is 4.80. The van der Waals surface area contributed by atoms with Crippen molar-refractivity contribution in [3.63, 3.8) is 0 Å². The lowest BCUT2D eigenvalue weighted by Gasteiger charge is -2.40. The number of anilines is 1. The van der Waals surface area contributed by atoms with Gasteiger partial charge in [-0.3, -0.25) is 14.6 Å². The van der Waals surface area contributed by atoms with Crippen LogP contribution in [0.1, 0.15) is 25.7 Å². The van der Waals surface area contributed by atoms with Crippen LogP contribution in [-0.2, 0) is 4.79 Å². The van der Waals surface area contributed by atoms with Crippen LogP contribution in [0, 0.1) is 17.2 Å². The van der Waals surface area contributed by atoms with Crippen LogP contribution in [0.2, 0.25) is 0 Å². The molecule has 3 aliphatic rings. The van der Waals surface area contributed by atoms with E-state index in [0.717, 1.165) is 64.1 Å². The summed E-state index contributed by atoms with van der Waals surface area (Å²) in [4.78, 5) is 19.7. The average Bonchev–Trinajstić information content (AvgIpc) is 3.29. The second-order valence-electron chi connectivity index (χ2n) is 7.49. The second-order valence-corrected chi connectivity index (χ2v) is 7.49. The molecule has 0 aromatic heterocycles. The standard InChI is InChI=1S/C20H26N4O/c21-15-16-6-7-18(14-16)22-10-12-23(13-11-22)19-8-9-24(20(19)25)17-4-2-1-3-5-17/h1-5,16,18-19H,6-14H2. The van der Waals surface area contributed by atoms with Crippen molar-refractivity contribution in [3.8, 4) is 6.07 Å². The Kier molecular flexibility index (Phi) is 4.74. The van der Waals surface area contributed by atoms with Crippen LogP contribution in [0.15, 0.2) is 30.3 Å². The lowest BCUT2D eigenvalue weighted by molar-refractivity contribution is -0.122. The molecular weight excluding hydrogens is 312 g/mol. The zero-order valence-electron chi connectivity index (χ0n) is 14.7. The van der Waals surface area contributed by atoms with Crippen LogP contribution in [0.3, 0.4) is 0 Å². The Bertz CT molecular complexity index is 647. The predicted molar refractivity (Wildman–Crippen MR) is 97.1 cm³/mol. The third-order valence-electron chi connectivity index (χ3n) is 6.14. The van der Waals surface area contributed by atoms with Gasteiger partial charge in [-0.1, -0.05) is 18.2 Å². The van der Waals surface area contributed by atoms with Crippen LogP contribution in [0.4, 0.5) is 5.69 Å². The molecule has 3 unspecified atom stereocenters. The first kappa shape index (κ1) is 16.6. The third kappa shape index (κ3) is 3.29. The molecule has 25 heavy (non-hydrogen) atoms. The van der Waals surface area contributed by atoms with E-state index in [9.17, 15) is 4.79 Å². The van der Waals surface area contributed by atoms with Crippen molar-refractivity contribution in [2.75, 3.05) is 37.6 Å². The number of benzene rings is 1. The summed E-state index contributed by atoms with van der Waals surface area (Å²) in [5.74, 6) is 0.504. The molecule has 1 saturated carbocycles. The number of piperazine rings is 1. The molecule has 0 N–H and O–H groups in total. The zero-order chi connectivity index (χ0) is 17.2. The lowest BCUT2D eigenvalue weighted by Crippen LogP contribution is -2.54. The van der Waals surface area contributed by atoms with Crippen molar-refractivity contribution in [1.29, 1.82) is 5.26 Å². The van der Waals surface area contributed by atoms with E-state index in [-0.39, 0.29) is 17.9 Å². The Morgan fingerprint density at radius 3 is 2.32 bits per heavy atom. The summed E-state index contributed by atoms with van der Waals surface area (Å²) in [5.41, 5.74) is 1.02. The molecule has 2 aliphatic heterocycles. The van der Waals surface area contributed by atoms with E-state index in [0.29, 0.717) is 6.04 Å². The number of nitriles is 1. The first-order valence-electron chi connectivity index (χ1n) is 9.50. The molecule has 3 fully saturated rings. The maximum absolute atomic E-state index is 12.9. The van der Waals surface area contributed by atoms with E-state index in [1.165, 1.54) is 0 Å². The van der Waals surface area contributed by atoms with Crippen molar-refractivity contribution in [3.05, 3.63) is 30.3 Å². The van der Waals surface area contributed by atoms with E-state index >= 15 is 0 Å². The van der Waals surface area contributed by atoms with Gasteiger partial charge < -0.3 is 4.90 Å². The van der Waals surface area contributed by atoms with Crippen molar-refractivity contribution in [2.45, 2.75) is 37.8 Å². The maximum Gasteiger partial charge on any atom is 0.244 e. The Labute approximate surface area is 149 Å². The molecule has 4 rings (SSSR count). The lowest BCUT2D eigenvalue weighted by atomic mass is 10.1. The van der Waals surface area contributed by atoms with Crippen LogP contribution in [-0.4, -0.2) is 60.5 Å². The van der Waals surface area contributed by atoms with Crippen molar-refractivity contribution >= 4 is 11.6 Å². The first-order chi connectivity index (χ1) is 12.3. The second kappa shape index (κ2) is 7.15. The van der Waals surface area contributed by atoms with Crippen LogP contribution in [0.25, 0.3) is 0 Å². The summed E-state index contributed by atoms with van der Waals surface area (Å²) < 4.78 is 0. The van der Waals surface area contributed by atoms with Gasteiger partial charge in [0.1, 0.15) is 0 Å². The number of carbonyl (C=O) groups is 1. The fourth-order valence-electron chi connectivity index (χ4n) is 4.69. The highest BCUT2D eigenvalue weighted by atomic mass is 16.2. The number of hydrogen-bond acceptors (Lipinski definition) is 4. The van der Waals surface area contributed by atoms with E-state index in [1.54, 1.807) is 0 Å². The maximum atomic E-state index is 12.9. The quantitative estimate of drug-likeness (QED) is 0.847. The minimum absolute atomic E-state index is 0.0396. The Balaban J connectivity index is 1.33. The summed E-state index contributed by atoms with van der Waals surface area (Å²) in [6.07, 6.45) is 4.16. The van der Waals surface area contributed by atoms with Gasteiger partial charge in [-0.15, -0.1) is 0 Å². The molecule has 0 spiro atoms. The SMILES string of the molecule is N#CC1CCC(N2CCN(C3CCN(c4ccccc4)C3=O)CC2)C1. The summed E-state index contributed by atoms with van der Waals surface area (Å²) >= 11 is 0. The van der Waals surface area contributed by atoms with Gasteiger partial charge in [0, 0.05) is 50.4 Å². The molecule has 1 aliphatic carbocycles. The molecule has 132 valence electrons. The number of rotatable bonds is 3. The molecule has 0 radical (unpaired) electrons. The minimum atomic E-state index is 0.0396. The van der Waals surface area contributed by atoms with Gasteiger partial charge in [0.05, 0.1) is 12.1 Å². The Morgan fingerprint density at radius 2 is 1.64 bits per heavy atom. The average molecular weight is 338 g/mol. The first-order valence-corrected chi connectivity index (χ1v) is 9.50. The molecular formula is C20H26N4O. The summed E-state index contributed by atoms with van der Waals surface area (Å²) in [7, 11) is 0. The van der Waals surface area contributed by atoms with Crippen LogP contribution < -0.4 is 4.90 Å². The van der Waals surface area contributed by atoms with Crippen molar-refractivity contribution < 1.29 is 4.79 Å². The number of para-hydroxylation sites is 1. The largest absolute Gasteiger partial charge is 0.311 e. The predicted octanol–water partition coefficient (Wildman–Crippen LogP) is 2.10. The van der Waals surface area contributed by atoms with Crippen LogP contribution >= 0.6 is 0 Å². The number of amides is 1. The molecule has 5 nitrogen and oxygen atoms in total. The molecule has 3 atom stereocenters. The van der Waals surface area contributed by atoms with Crippen LogP contribution in [0.5, 0.6) is 0 Å². The summed E-state index contributed by atoms with van der Waals surface area (Å²) in [5, 5.41) is 9.10. The van der Waals surface area contributed by atoms with Crippen molar-refractivity contribution in [2.24, 2.45) is 5.92 Å². The number of nitrogens with zero attached hydrogens (tertiary/aromatic N) is 4. The Morgan fingerprint density at radius 1 is 0.920 bits per heavy atom. The smallest absolute Gasteiger partial charge is 0.244 e. The normalized spacial score (nSPS) is 31.4. The van der Waals surface area contributed by atoms with E-state index in [1.807, 2.05) is 35.2 Å². The fraction of sp³-hybridized carbons (Fsp3) is 0.600. The van der Waals surface area contributed by atoms with Gasteiger partial charge in [-0.05, 0) is 37.8 Å². The molecule has 0 bridgehead atoms. The van der Waals surface area contributed by atoms with Gasteiger partial charge in [-0.2, -0.15) is 5.26 Å². The third-order valence-corrected chi connectivity index (χ3v) is 6.14. The fourth-order valence-corrected chi connectivity index (χ4v) is 4.69. The van der Waals surface area contributed by atoms with Gasteiger partial charge in [0.2, 0.25) is 5.91 Å². The van der Waals surface area contributed by atoms with Gasteiger partial charge in [0.15, 0.2) is 0 Å². The zero-order valence-corrected chi connectivity index (χ0v) is 14.7. The van der Waals surface area contributed by atoms with Gasteiger partial charge in [-0.25, -0.2) is 0 Å². The molecule has 1 aromatic rings. The molecule has 5 heteroatoms. The molecule has 2 saturated heterocycles. The highest BCUT2D eigenvalue weighted by molar-refractivity contribution is 5.99. The topological polar surface area (TPSA) is 50.6 Å². The minimum Gasteiger partial charge on any atom is -0.311 e. The Hall–Kier alpha value is -1.90. The molecule has 1 amide bonds. The number of hydrogen-bond donors (Lipinski definition) is 0. The van der Waals surface area contributed by atoms with E-state index < -0.39 is 0 Å². The van der Waals surface area contributed by atoms with E-state index in [4.69, 9.17) is 5.26 Å². The molecule has 1 aromatic carbocycles. The van der Waals surface area contributed by atoms with Crippen molar-refractivity contribution in [1.82, 2.24) is 9.80 Å². The molecule has 2 heterocycles. The van der Waals surface area contributed by atoms with Gasteiger partial charge >= 0.3 is 0 Å². The van der Waals surface area contributed by atoms with E-state index in [2.05, 4.69) is 15.9 Å². The highest BCUT2D eigenvalue weighted by Gasteiger charge is 2.39. The number of carbonyl (C=O) groups excluding carboxylic acids is 1.